The summed E-state index contributed by atoms with van der Waals surface area (Å²) in [6.07, 6.45) is -4.02. The van der Waals surface area contributed by atoms with Gasteiger partial charge in [-0.15, -0.1) is 0 Å². The number of hydrogen-bond donors (Lipinski definition) is 0. The fourth-order valence-electron chi connectivity index (χ4n) is 1.66. The summed E-state index contributed by atoms with van der Waals surface area (Å²) in [5, 5.41) is -0.0349. The monoisotopic (exact) mass is 448 g/mol. The minimum atomic E-state index is -2.09. The van der Waals surface area contributed by atoms with Crippen LogP contribution in [0.1, 0.15) is 20.8 Å². The van der Waals surface area contributed by atoms with Crippen molar-refractivity contribution >= 4 is 43.5 Å². The van der Waals surface area contributed by atoms with E-state index in [1.54, 1.807) is 0 Å². The molecule has 0 N–H and O–H groups in total. The van der Waals surface area contributed by atoms with Crippen LogP contribution in [0.15, 0.2) is 0 Å². The quantitative estimate of drug-likeness (QED) is 0.196. The van der Waals surface area contributed by atoms with Crippen molar-refractivity contribution in [1.29, 1.82) is 0 Å². The minimum Gasteiger partial charge on any atom is -0.458 e. The fraction of sp³-hybridized carbons (Fsp3) is 0.846. The van der Waals surface area contributed by atoms with Gasteiger partial charge < -0.3 is 18.6 Å². The van der Waals surface area contributed by atoms with Gasteiger partial charge in [0.1, 0.15) is 0 Å². The number of hydrogen-bond acceptors (Lipinski definition) is 6. The van der Waals surface area contributed by atoms with Gasteiger partial charge in [-0.25, -0.2) is 9.18 Å². The van der Waals surface area contributed by atoms with Crippen molar-refractivity contribution in [2.75, 3.05) is 6.61 Å². The van der Waals surface area contributed by atoms with Crippen LogP contribution in [0.2, 0.25) is 18.1 Å². The molecule has 0 saturated carbocycles. The van der Waals surface area contributed by atoms with E-state index in [0.717, 1.165) is 0 Å². The molecule has 0 aromatic carbocycles. The normalized spacial score (nSPS) is 25.1. The Kier molecular flexibility index (Phi) is 6.63. The fourth-order valence-corrected chi connectivity index (χ4v) is 3.23. The molecular formula is C13H22FIO6Si. The molecule has 0 amide bonds. The molecule has 6 nitrogen and oxygen atoms in total. The summed E-state index contributed by atoms with van der Waals surface area (Å²) in [6, 6.07) is 0. The Bertz CT molecular complexity index is 412. The van der Waals surface area contributed by atoms with Crippen molar-refractivity contribution < 1.29 is 32.6 Å². The number of carbonyl (C=O) groups excluding carboxylic acids is 2. The Labute approximate surface area is 144 Å². The topological polar surface area (TPSA) is 71.1 Å². The van der Waals surface area contributed by atoms with Crippen LogP contribution in [0.3, 0.4) is 0 Å². The number of rotatable bonds is 7. The third-order valence-electron chi connectivity index (χ3n) is 4.05. The maximum Gasteiger partial charge on any atom is 0.509 e. The highest BCUT2D eigenvalue weighted by atomic mass is 127. The highest BCUT2D eigenvalue weighted by Gasteiger charge is 2.48. The van der Waals surface area contributed by atoms with Gasteiger partial charge in [-0.1, -0.05) is 20.8 Å². The molecule has 1 unspecified atom stereocenters. The van der Waals surface area contributed by atoms with E-state index in [4.69, 9.17) is 18.6 Å². The second-order valence-corrected chi connectivity index (χ2v) is 12.6. The molecule has 1 saturated heterocycles. The van der Waals surface area contributed by atoms with Gasteiger partial charge in [-0.2, -0.15) is 0 Å². The number of ether oxygens (including phenoxy) is 3. The molecule has 0 spiro atoms. The molecule has 22 heavy (non-hydrogen) atoms. The zero-order valence-electron chi connectivity index (χ0n) is 13.3. The van der Waals surface area contributed by atoms with E-state index in [2.05, 4.69) is 20.8 Å². The van der Waals surface area contributed by atoms with E-state index in [9.17, 15) is 14.0 Å². The molecule has 0 aromatic heterocycles. The van der Waals surface area contributed by atoms with Crippen LogP contribution in [0.5, 0.6) is 0 Å². The van der Waals surface area contributed by atoms with Crippen molar-refractivity contribution in [3.05, 3.63) is 0 Å². The lowest BCUT2D eigenvalue weighted by Gasteiger charge is -2.37. The summed E-state index contributed by atoms with van der Waals surface area (Å²) >= 11 is 1.49. The summed E-state index contributed by atoms with van der Waals surface area (Å²) in [5.41, 5.74) is 0. The molecule has 128 valence electrons. The number of halogens is 2. The number of cyclic esters (lactones) is 2. The molecule has 0 aliphatic carbocycles. The first kappa shape index (κ1) is 19.6. The van der Waals surface area contributed by atoms with Gasteiger partial charge in [0.15, 0.2) is 30.8 Å². The van der Waals surface area contributed by atoms with E-state index >= 15 is 0 Å². The molecule has 0 bridgehead atoms. The predicted molar refractivity (Wildman–Crippen MR) is 88.1 cm³/mol. The van der Waals surface area contributed by atoms with Gasteiger partial charge in [0, 0.05) is 0 Å². The molecule has 1 aliphatic rings. The van der Waals surface area contributed by atoms with Crippen LogP contribution in [-0.4, -0.2) is 50.0 Å². The first-order valence-corrected chi connectivity index (χ1v) is 11.0. The van der Waals surface area contributed by atoms with Gasteiger partial charge >= 0.3 is 6.16 Å². The molecule has 1 aliphatic heterocycles. The van der Waals surface area contributed by atoms with Gasteiger partial charge in [0.2, 0.25) is 0 Å². The first-order valence-electron chi connectivity index (χ1n) is 6.88. The molecule has 1 heterocycles. The average molecular weight is 448 g/mol. The summed E-state index contributed by atoms with van der Waals surface area (Å²) in [7, 11) is -2.09. The smallest absolute Gasteiger partial charge is 0.458 e. The van der Waals surface area contributed by atoms with Crippen LogP contribution >= 0.6 is 22.6 Å². The zero-order valence-corrected chi connectivity index (χ0v) is 16.5. The summed E-state index contributed by atoms with van der Waals surface area (Å²) in [4.78, 5) is 22.0. The van der Waals surface area contributed by atoms with Crippen LogP contribution in [-0.2, 0) is 23.4 Å². The van der Waals surface area contributed by atoms with E-state index < -0.39 is 37.0 Å². The highest BCUT2D eigenvalue weighted by Crippen LogP contribution is 2.37. The van der Waals surface area contributed by atoms with Gasteiger partial charge in [0.05, 0.1) is 6.61 Å². The maximum atomic E-state index is 13.5. The average Bonchev–Trinajstić information content (AvgIpc) is 2.75. The van der Waals surface area contributed by atoms with E-state index in [-0.39, 0.29) is 18.1 Å². The lowest BCUT2D eigenvalue weighted by atomic mass is 10.1. The highest BCUT2D eigenvalue weighted by molar-refractivity contribution is 14.1. The molecular weight excluding hydrogens is 426 g/mol. The summed E-state index contributed by atoms with van der Waals surface area (Å²) in [6.45, 7) is 10.5. The summed E-state index contributed by atoms with van der Waals surface area (Å²) in [5.74, 6) is 0. The first-order chi connectivity index (χ1) is 9.99. The van der Waals surface area contributed by atoms with Crippen LogP contribution in [0, 0.1) is 0 Å². The third-order valence-corrected chi connectivity index (χ3v) is 9.26. The zero-order chi connectivity index (χ0) is 17.1. The number of alkyl halides is 2. The predicted octanol–water partition coefficient (Wildman–Crippen LogP) is 3.18. The lowest BCUT2D eigenvalue weighted by molar-refractivity contribution is -0.142. The van der Waals surface area contributed by atoms with Gasteiger partial charge in [0.25, 0.3) is 6.47 Å². The molecule has 1 fully saturated rings. The Hall–Kier alpha value is -0.423. The van der Waals surface area contributed by atoms with Crippen LogP contribution in [0.4, 0.5) is 9.18 Å². The van der Waals surface area contributed by atoms with Gasteiger partial charge in [-0.3, -0.25) is 4.79 Å². The van der Waals surface area contributed by atoms with Crippen LogP contribution < -0.4 is 0 Å². The van der Waals surface area contributed by atoms with Crippen molar-refractivity contribution in [2.45, 2.75) is 61.4 Å². The van der Waals surface area contributed by atoms with Crippen molar-refractivity contribution in [2.24, 2.45) is 0 Å². The molecule has 1 rings (SSSR count). The second-order valence-electron chi connectivity index (χ2n) is 6.59. The van der Waals surface area contributed by atoms with E-state index in [0.29, 0.717) is 0 Å². The third kappa shape index (κ3) is 4.78. The van der Waals surface area contributed by atoms with E-state index in [1.807, 2.05) is 13.1 Å². The van der Waals surface area contributed by atoms with Crippen molar-refractivity contribution in [3.63, 3.8) is 0 Å². The Balaban J connectivity index is 2.81. The minimum absolute atomic E-state index is 0.0242. The second kappa shape index (κ2) is 7.43. The largest absolute Gasteiger partial charge is 0.509 e. The van der Waals surface area contributed by atoms with Crippen LogP contribution in [0.25, 0.3) is 0 Å². The number of carbonyl (C=O) groups is 2. The van der Waals surface area contributed by atoms with Gasteiger partial charge in [-0.05, 0) is 40.7 Å². The molecule has 0 radical (unpaired) electrons. The standard InChI is InChI=1S/C13H22FIO6Si/c1-13(2,3)22(4,5)19-6-8(18-7-16)9-10(11(14)15)21-12(17)20-9/h7-11H,6H2,1-5H3/t8-,9+,10+,11?/m1/s1. The molecule has 0 aromatic rings. The molecule has 4 atom stereocenters. The van der Waals surface area contributed by atoms with E-state index in [1.165, 1.54) is 22.6 Å². The lowest BCUT2D eigenvalue weighted by Crippen LogP contribution is -2.48. The Morgan fingerprint density at radius 3 is 2.36 bits per heavy atom. The SMILES string of the molecule is CC(C)(C)[Si](C)(C)OC[C@@H](OC=O)[C@@H]1OC(=O)O[C@@H]1C(F)I. The maximum absolute atomic E-state index is 13.5. The Morgan fingerprint density at radius 2 is 1.91 bits per heavy atom. The summed E-state index contributed by atoms with van der Waals surface area (Å²) < 4.78 is 32.7. The van der Waals surface area contributed by atoms with Crippen molar-refractivity contribution in [3.8, 4) is 0 Å². The molecule has 9 heteroatoms. The van der Waals surface area contributed by atoms with Crippen molar-refractivity contribution in [1.82, 2.24) is 0 Å². The Morgan fingerprint density at radius 1 is 1.36 bits per heavy atom.